The molecule has 228 valence electrons. The summed E-state index contributed by atoms with van der Waals surface area (Å²) in [5, 5.41) is 16.1. The Morgan fingerprint density at radius 3 is 2.76 bits per heavy atom. The molecular weight excluding hydrogens is 534 g/mol. The zero-order valence-electron chi connectivity index (χ0n) is 25.2. The molecule has 0 radical (unpaired) electrons. The van der Waals surface area contributed by atoms with Crippen molar-refractivity contribution >= 4 is 29.3 Å². The van der Waals surface area contributed by atoms with Gasteiger partial charge in [-0.1, -0.05) is 44.2 Å². The number of hydrogen-bond donors (Lipinski definition) is 4. The lowest BCUT2D eigenvalue weighted by Gasteiger charge is -2.32. The first-order chi connectivity index (χ1) is 20.2. The van der Waals surface area contributed by atoms with Crippen LogP contribution in [0.1, 0.15) is 43.9 Å². The van der Waals surface area contributed by atoms with Crippen molar-refractivity contribution in [3.8, 4) is 11.5 Å². The summed E-state index contributed by atoms with van der Waals surface area (Å²) in [4.78, 5) is 30.8. The van der Waals surface area contributed by atoms with E-state index in [0.717, 1.165) is 28.7 Å². The summed E-state index contributed by atoms with van der Waals surface area (Å²) in [7, 11) is 1.71. The van der Waals surface area contributed by atoms with Crippen LogP contribution in [0.25, 0.3) is 5.57 Å². The van der Waals surface area contributed by atoms with E-state index in [1.54, 1.807) is 31.6 Å². The van der Waals surface area contributed by atoms with E-state index >= 15 is 0 Å². The second-order valence-corrected chi connectivity index (χ2v) is 10.7. The maximum absolute atomic E-state index is 13.2. The second kappa shape index (κ2) is 16.5. The van der Waals surface area contributed by atoms with Gasteiger partial charge >= 0.3 is 0 Å². The smallest absolute Gasteiger partial charge is 0.262 e. The van der Waals surface area contributed by atoms with Crippen molar-refractivity contribution in [2.75, 3.05) is 51.8 Å². The number of aliphatic imine (C=N–C) groups is 1. The van der Waals surface area contributed by atoms with Gasteiger partial charge < -0.3 is 35.8 Å². The summed E-state index contributed by atoms with van der Waals surface area (Å²) < 4.78 is 11.4. The summed E-state index contributed by atoms with van der Waals surface area (Å²) in [5.41, 5.74) is 9.95. The van der Waals surface area contributed by atoms with Crippen LogP contribution in [0.4, 0.5) is 5.69 Å². The van der Waals surface area contributed by atoms with Crippen LogP contribution in [-0.2, 0) is 27.2 Å². The molecule has 5 N–H and O–H groups in total. The molecule has 10 heteroatoms. The van der Waals surface area contributed by atoms with Gasteiger partial charge in [0, 0.05) is 44.2 Å². The lowest BCUT2D eigenvalue weighted by atomic mass is 10.0. The fourth-order valence-corrected chi connectivity index (χ4v) is 4.73. The number of rotatable bonds is 16. The minimum atomic E-state index is -0.287. The van der Waals surface area contributed by atoms with Crippen molar-refractivity contribution in [2.45, 2.75) is 46.1 Å². The van der Waals surface area contributed by atoms with Crippen LogP contribution in [0.2, 0.25) is 0 Å². The summed E-state index contributed by atoms with van der Waals surface area (Å²) in [6, 6.07) is 11.6. The lowest BCUT2D eigenvalue weighted by molar-refractivity contribution is -0.135. The number of nitrogens with one attached hydrogen (secondary N) is 2. The molecule has 10 nitrogen and oxygen atoms in total. The van der Waals surface area contributed by atoms with E-state index in [1.807, 2.05) is 17.0 Å². The van der Waals surface area contributed by atoms with Gasteiger partial charge in [-0.2, -0.15) is 0 Å². The van der Waals surface area contributed by atoms with Crippen molar-refractivity contribution in [3.63, 3.8) is 0 Å². The molecule has 2 amide bonds. The largest absolute Gasteiger partial charge is 0.506 e. The van der Waals surface area contributed by atoms with Crippen LogP contribution in [0, 0.1) is 5.92 Å². The van der Waals surface area contributed by atoms with Crippen molar-refractivity contribution in [1.29, 1.82) is 0 Å². The van der Waals surface area contributed by atoms with Crippen molar-refractivity contribution in [1.82, 2.24) is 10.2 Å². The number of carbonyl (C=O) groups excluding carboxylic acids is 2. The number of aromatic hydroxyl groups is 1. The predicted molar refractivity (Wildman–Crippen MR) is 167 cm³/mol. The average molecular weight is 580 g/mol. The van der Waals surface area contributed by atoms with Crippen LogP contribution < -0.4 is 21.1 Å². The number of fused-ring (bicyclic) bond motifs is 1. The molecule has 2 aromatic carbocycles. The van der Waals surface area contributed by atoms with Crippen LogP contribution in [0.3, 0.4) is 0 Å². The van der Waals surface area contributed by atoms with Gasteiger partial charge in [-0.15, -0.1) is 0 Å². The molecule has 0 aliphatic carbocycles. The molecule has 1 aliphatic rings. The zero-order chi connectivity index (χ0) is 30.5. The molecule has 3 rings (SSSR count). The maximum atomic E-state index is 13.2. The van der Waals surface area contributed by atoms with Crippen molar-refractivity contribution in [3.05, 3.63) is 59.3 Å². The van der Waals surface area contributed by atoms with Crippen molar-refractivity contribution in [2.24, 2.45) is 16.6 Å². The third-order valence-corrected chi connectivity index (χ3v) is 7.41. The Kier molecular flexibility index (Phi) is 12.8. The van der Waals surface area contributed by atoms with Gasteiger partial charge in [0.05, 0.1) is 19.6 Å². The van der Waals surface area contributed by atoms with Crippen LogP contribution in [0.15, 0.2) is 47.6 Å². The van der Waals surface area contributed by atoms with E-state index in [0.29, 0.717) is 63.0 Å². The fraction of sp³-hybridized carbons (Fsp3) is 0.469. The SMILES string of the molecule is CN=CC(=CN)c1cccc(CCOCCC(=O)N(CCNCCc2ccc(O)c3c2OCC(=O)N3)[C@H](C)C(C)C)c1. The number of phenolic OH excluding ortho intramolecular Hbond substituents is 1. The standard InChI is InChI=1S/C32H45N5O5/c1-22(2)23(3)37(15-14-35-13-10-25-8-9-28(38)31-32(25)42-21-29(39)36-31)30(40)12-17-41-16-11-24-6-5-7-26(18-24)27(19-33)20-34-4/h5-9,18-20,22-23,35,38H,10-17,21,33H2,1-4H3,(H,36,39)/t23-/m1/s1. The van der Waals surface area contributed by atoms with E-state index in [4.69, 9.17) is 15.2 Å². The predicted octanol–water partition coefficient (Wildman–Crippen LogP) is 3.38. The number of nitrogens with two attached hydrogens (primary N) is 1. The van der Waals surface area contributed by atoms with E-state index < -0.39 is 0 Å². The molecule has 2 aromatic rings. The number of anilines is 1. The maximum Gasteiger partial charge on any atom is 0.262 e. The van der Waals surface area contributed by atoms with E-state index in [9.17, 15) is 14.7 Å². The average Bonchev–Trinajstić information content (AvgIpc) is 2.98. The van der Waals surface area contributed by atoms with Gasteiger partial charge in [0.25, 0.3) is 5.91 Å². The monoisotopic (exact) mass is 579 g/mol. The highest BCUT2D eigenvalue weighted by Gasteiger charge is 2.23. The summed E-state index contributed by atoms with van der Waals surface area (Å²) in [5.74, 6) is 0.611. The Bertz CT molecular complexity index is 1260. The number of hydrogen-bond acceptors (Lipinski definition) is 8. The van der Waals surface area contributed by atoms with Gasteiger partial charge in [0.1, 0.15) is 11.4 Å². The topological polar surface area (TPSA) is 139 Å². The first-order valence-corrected chi connectivity index (χ1v) is 14.5. The highest BCUT2D eigenvalue weighted by molar-refractivity contribution is 6.09. The van der Waals surface area contributed by atoms with Crippen molar-refractivity contribution < 1.29 is 24.2 Å². The highest BCUT2D eigenvalue weighted by Crippen LogP contribution is 2.39. The Hall–Kier alpha value is -3.89. The van der Waals surface area contributed by atoms with Gasteiger partial charge in [-0.25, -0.2) is 0 Å². The lowest BCUT2D eigenvalue weighted by Crippen LogP contribution is -2.45. The summed E-state index contributed by atoms with van der Waals surface area (Å²) in [6.45, 7) is 9.02. The first kappa shape index (κ1) is 32.6. The molecule has 1 aliphatic heterocycles. The summed E-state index contributed by atoms with van der Waals surface area (Å²) in [6.07, 6.45) is 5.00. The van der Waals surface area contributed by atoms with E-state index in [-0.39, 0.29) is 30.2 Å². The highest BCUT2D eigenvalue weighted by atomic mass is 16.5. The van der Waals surface area contributed by atoms with Gasteiger partial charge in [0.2, 0.25) is 5.91 Å². The number of benzene rings is 2. The summed E-state index contributed by atoms with van der Waals surface area (Å²) >= 11 is 0. The molecule has 0 aromatic heterocycles. The number of allylic oxidation sites excluding steroid dienone is 1. The fourth-order valence-electron chi connectivity index (χ4n) is 4.73. The van der Waals surface area contributed by atoms with Crippen LogP contribution in [-0.4, -0.2) is 80.6 Å². The third-order valence-electron chi connectivity index (χ3n) is 7.41. The quantitative estimate of drug-likeness (QED) is 0.136. The normalized spacial score (nSPS) is 14.0. The molecule has 1 heterocycles. The van der Waals surface area contributed by atoms with E-state index in [2.05, 4.69) is 48.5 Å². The van der Waals surface area contributed by atoms with Crippen LogP contribution >= 0.6 is 0 Å². The molecular formula is C32H45N5O5. The molecule has 0 spiro atoms. The molecule has 0 unspecified atom stereocenters. The number of nitrogens with zero attached hydrogens (tertiary/aromatic N) is 2. The minimum absolute atomic E-state index is 0.0128. The van der Waals surface area contributed by atoms with E-state index in [1.165, 1.54) is 0 Å². The Morgan fingerprint density at radius 2 is 2.02 bits per heavy atom. The molecule has 1 atom stereocenters. The van der Waals surface area contributed by atoms with Crippen LogP contribution in [0.5, 0.6) is 11.5 Å². The number of phenols is 1. The minimum Gasteiger partial charge on any atom is -0.506 e. The molecule has 0 saturated carbocycles. The molecule has 0 saturated heterocycles. The van der Waals surface area contributed by atoms with Gasteiger partial charge in [0.15, 0.2) is 12.4 Å². The number of ether oxygens (including phenoxy) is 2. The zero-order valence-corrected chi connectivity index (χ0v) is 25.2. The van der Waals surface area contributed by atoms with Gasteiger partial charge in [-0.05, 0) is 55.0 Å². The first-order valence-electron chi connectivity index (χ1n) is 14.5. The Balaban J connectivity index is 1.43. The molecule has 42 heavy (non-hydrogen) atoms. The van der Waals surface area contributed by atoms with Gasteiger partial charge in [-0.3, -0.25) is 14.6 Å². The molecule has 0 fully saturated rings. The number of amides is 2. The molecule has 0 bridgehead atoms. The second-order valence-electron chi connectivity index (χ2n) is 10.7. The third kappa shape index (κ3) is 9.32. The Labute approximate surface area is 249 Å². The Morgan fingerprint density at radius 1 is 1.21 bits per heavy atom. The number of carbonyl (C=O) groups is 2.